The van der Waals surface area contributed by atoms with Crippen molar-refractivity contribution in [3.63, 3.8) is 0 Å². The number of rotatable bonds is 6. The Balaban J connectivity index is 0.00000364. The maximum absolute atomic E-state index is 12.5. The highest BCUT2D eigenvalue weighted by Gasteiger charge is 2.30. The molecule has 2 rings (SSSR count). The van der Waals surface area contributed by atoms with Gasteiger partial charge in [-0.1, -0.05) is 12.1 Å². The van der Waals surface area contributed by atoms with Crippen LogP contribution in [0.15, 0.2) is 29.3 Å². The predicted molar refractivity (Wildman–Crippen MR) is 111 cm³/mol. The second-order valence-corrected chi connectivity index (χ2v) is 8.59. The van der Waals surface area contributed by atoms with E-state index in [1.165, 1.54) is 12.1 Å². The summed E-state index contributed by atoms with van der Waals surface area (Å²) < 4.78 is 60.6. The summed E-state index contributed by atoms with van der Waals surface area (Å²) in [5.41, 5.74) is 0.138. The summed E-state index contributed by atoms with van der Waals surface area (Å²) in [4.78, 5) is 4.42. The summed E-state index contributed by atoms with van der Waals surface area (Å²) in [5.74, 6) is 1.04. The minimum Gasteiger partial charge on any atom is -0.357 e. The molecule has 154 valence electrons. The van der Waals surface area contributed by atoms with Crippen LogP contribution in [-0.4, -0.2) is 45.5 Å². The smallest absolute Gasteiger partial charge is 0.357 e. The Morgan fingerprint density at radius 1 is 1.22 bits per heavy atom. The van der Waals surface area contributed by atoms with Crippen LogP contribution in [-0.2, 0) is 22.4 Å². The second-order valence-electron chi connectivity index (χ2n) is 6.36. The lowest BCUT2D eigenvalue weighted by Crippen LogP contribution is -2.38. The van der Waals surface area contributed by atoms with E-state index in [4.69, 9.17) is 0 Å². The first-order valence-electron chi connectivity index (χ1n) is 8.58. The molecule has 2 N–H and O–H groups in total. The number of sulfone groups is 1. The molecule has 1 heterocycles. The lowest BCUT2D eigenvalue weighted by atomic mass is 10.1. The fourth-order valence-electron chi connectivity index (χ4n) is 2.76. The van der Waals surface area contributed by atoms with Crippen molar-refractivity contribution in [2.75, 3.05) is 31.1 Å². The molecule has 1 aromatic carbocycles. The molecule has 27 heavy (non-hydrogen) atoms. The van der Waals surface area contributed by atoms with Crippen LogP contribution in [0.2, 0.25) is 0 Å². The highest BCUT2D eigenvalue weighted by molar-refractivity contribution is 14.0. The Morgan fingerprint density at radius 2 is 1.89 bits per heavy atom. The molecule has 0 aliphatic carbocycles. The molecule has 0 spiro atoms. The van der Waals surface area contributed by atoms with E-state index in [0.29, 0.717) is 38.4 Å². The van der Waals surface area contributed by atoms with E-state index in [9.17, 15) is 21.6 Å². The number of hydrogen-bond acceptors (Lipinski definition) is 3. The number of alkyl halides is 3. The van der Waals surface area contributed by atoms with Gasteiger partial charge in [0.2, 0.25) is 0 Å². The van der Waals surface area contributed by atoms with Crippen molar-refractivity contribution in [1.29, 1.82) is 0 Å². The van der Waals surface area contributed by atoms with Gasteiger partial charge in [0, 0.05) is 19.6 Å². The summed E-state index contributed by atoms with van der Waals surface area (Å²) in [6.45, 7) is 3.54. The fraction of sp³-hybridized carbons (Fsp3) is 0.588. The van der Waals surface area contributed by atoms with Crippen LogP contribution in [0.4, 0.5) is 13.2 Å². The van der Waals surface area contributed by atoms with Gasteiger partial charge >= 0.3 is 6.18 Å². The molecule has 1 aliphatic heterocycles. The summed E-state index contributed by atoms with van der Waals surface area (Å²) >= 11 is 0. The van der Waals surface area contributed by atoms with Crippen LogP contribution in [0.3, 0.4) is 0 Å². The van der Waals surface area contributed by atoms with Crippen LogP contribution in [0.25, 0.3) is 0 Å². The molecule has 0 saturated carbocycles. The van der Waals surface area contributed by atoms with Crippen LogP contribution in [0.1, 0.15) is 24.5 Å². The lowest BCUT2D eigenvalue weighted by Gasteiger charge is -2.13. The van der Waals surface area contributed by atoms with E-state index in [-0.39, 0.29) is 41.4 Å². The first-order chi connectivity index (χ1) is 12.2. The quantitative estimate of drug-likeness (QED) is 0.345. The van der Waals surface area contributed by atoms with E-state index in [1.807, 2.05) is 6.92 Å². The van der Waals surface area contributed by atoms with Crippen LogP contribution >= 0.6 is 24.0 Å². The van der Waals surface area contributed by atoms with Gasteiger partial charge in [-0.15, -0.1) is 24.0 Å². The van der Waals surface area contributed by atoms with Gasteiger partial charge in [0.05, 0.1) is 17.1 Å². The Morgan fingerprint density at radius 3 is 2.41 bits per heavy atom. The Bertz CT molecular complexity index is 722. The molecule has 1 aromatic rings. The topological polar surface area (TPSA) is 70.6 Å². The molecule has 0 bridgehead atoms. The number of halogens is 4. The molecular formula is C17H25F3IN3O2S. The van der Waals surface area contributed by atoms with Crippen LogP contribution in [0.5, 0.6) is 0 Å². The molecule has 1 fully saturated rings. The summed E-state index contributed by atoms with van der Waals surface area (Å²) in [6, 6.07) is 5.10. The third kappa shape index (κ3) is 8.24. The van der Waals surface area contributed by atoms with Crippen LogP contribution in [0, 0.1) is 5.92 Å². The molecule has 0 aromatic heterocycles. The number of nitrogens with zero attached hydrogens (tertiary/aromatic N) is 1. The average molecular weight is 519 g/mol. The zero-order valence-electron chi connectivity index (χ0n) is 15.1. The van der Waals surface area contributed by atoms with Crippen LogP contribution < -0.4 is 10.6 Å². The van der Waals surface area contributed by atoms with Crippen molar-refractivity contribution in [3.05, 3.63) is 35.4 Å². The summed E-state index contributed by atoms with van der Waals surface area (Å²) in [5, 5.41) is 6.21. The minimum atomic E-state index is -4.32. The standard InChI is InChI=1S/C17H24F3N3O2S.HI/c1-2-21-16(23-11-14-8-10-26(24,25)12-14)22-9-7-13-3-5-15(6-4-13)17(18,19)20;/h3-6,14H,2,7-12H2,1H3,(H2,21,22,23);1H. The average Bonchev–Trinajstić information content (AvgIpc) is 2.91. The minimum absolute atomic E-state index is 0. The van der Waals surface area contributed by atoms with Crippen molar-refractivity contribution in [2.45, 2.75) is 25.9 Å². The number of aliphatic imine (C=N–C) groups is 1. The van der Waals surface area contributed by atoms with E-state index in [0.717, 1.165) is 17.7 Å². The molecule has 1 unspecified atom stereocenters. The van der Waals surface area contributed by atoms with Gasteiger partial charge in [-0.05, 0) is 43.4 Å². The SMILES string of the molecule is CCNC(=NCC1CCS(=O)(=O)C1)NCCc1ccc(C(F)(F)F)cc1.I. The zero-order valence-corrected chi connectivity index (χ0v) is 18.2. The van der Waals surface area contributed by atoms with Gasteiger partial charge in [-0.2, -0.15) is 13.2 Å². The molecule has 0 amide bonds. The normalized spacial score (nSPS) is 19.4. The van der Waals surface area contributed by atoms with Crippen molar-refractivity contribution in [3.8, 4) is 0 Å². The first kappa shape index (κ1) is 24.0. The van der Waals surface area contributed by atoms with E-state index < -0.39 is 21.6 Å². The Kier molecular flexibility index (Phi) is 9.32. The molecule has 1 aliphatic rings. The summed E-state index contributed by atoms with van der Waals surface area (Å²) in [7, 11) is -2.91. The fourth-order valence-corrected chi connectivity index (χ4v) is 4.61. The molecule has 10 heteroatoms. The van der Waals surface area contributed by atoms with Crippen molar-refractivity contribution < 1.29 is 21.6 Å². The highest BCUT2D eigenvalue weighted by Crippen LogP contribution is 2.29. The van der Waals surface area contributed by atoms with Gasteiger partial charge in [-0.25, -0.2) is 8.42 Å². The third-order valence-corrected chi connectivity index (χ3v) is 6.00. The Hall–Kier alpha value is -1.04. The second kappa shape index (κ2) is 10.5. The molecule has 5 nitrogen and oxygen atoms in total. The monoisotopic (exact) mass is 519 g/mol. The van der Waals surface area contributed by atoms with E-state index >= 15 is 0 Å². The predicted octanol–water partition coefficient (Wildman–Crippen LogP) is 2.86. The van der Waals surface area contributed by atoms with Crippen molar-refractivity contribution in [2.24, 2.45) is 10.9 Å². The highest BCUT2D eigenvalue weighted by atomic mass is 127. The zero-order chi connectivity index (χ0) is 19.2. The van der Waals surface area contributed by atoms with E-state index in [2.05, 4.69) is 15.6 Å². The largest absolute Gasteiger partial charge is 0.416 e. The third-order valence-electron chi connectivity index (χ3n) is 4.17. The maximum atomic E-state index is 12.5. The van der Waals surface area contributed by atoms with Crippen molar-refractivity contribution >= 4 is 39.8 Å². The maximum Gasteiger partial charge on any atom is 0.416 e. The molecule has 1 saturated heterocycles. The lowest BCUT2D eigenvalue weighted by molar-refractivity contribution is -0.137. The molecule has 0 radical (unpaired) electrons. The first-order valence-corrected chi connectivity index (χ1v) is 10.4. The van der Waals surface area contributed by atoms with E-state index in [1.54, 1.807) is 0 Å². The Labute approximate surface area is 175 Å². The number of hydrogen-bond donors (Lipinski definition) is 2. The number of guanidine groups is 1. The van der Waals surface area contributed by atoms with Gasteiger partial charge in [-0.3, -0.25) is 4.99 Å². The van der Waals surface area contributed by atoms with Crippen molar-refractivity contribution in [1.82, 2.24) is 10.6 Å². The molecule has 1 atom stereocenters. The summed E-state index contributed by atoms with van der Waals surface area (Å²) in [6.07, 6.45) is -3.13. The van der Waals surface area contributed by atoms with Gasteiger partial charge in [0.15, 0.2) is 15.8 Å². The van der Waals surface area contributed by atoms with Gasteiger partial charge in [0.25, 0.3) is 0 Å². The van der Waals surface area contributed by atoms with Gasteiger partial charge < -0.3 is 10.6 Å². The number of nitrogens with one attached hydrogen (secondary N) is 2. The molecular weight excluding hydrogens is 494 g/mol. The van der Waals surface area contributed by atoms with Gasteiger partial charge in [0.1, 0.15) is 0 Å². The number of benzene rings is 1.